The van der Waals surface area contributed by atoms with Crippen LogP contribution in [0.3, 0.4) is 0 Å². The molecule has 104 valence electrons. The molecule has 0 fully saturated rings. The van der Waals surface area contributed by atoms with Gasteiger partial charge in [0.15, 0.2) is 0 Å². The summed E-state index contributed by atoms with van der Waals surface area (Å²) in [6, 6.07) is 3.65. The molecule has 0 radical (unpaired) electrons. The first-order valence-corrected chi connectivity index (χ1v) is 6.19. The number of aliphatic hydroxyl groups excluding tert-OH is 2. The molecule has 0 aromatic heterocycles. The van der Waals surface area contributed by atoms with Gasteiger partial charge in [0, 0.05) is 41.8 Å². The van der Waals surface area contributed by atoms with Crippen LogP contribution in [-0.4, -0.2) is 46.8 Å². The highest BCUT2D eigenvalue weighted by Crippen LogP contribution is 2.32. The minimum absolute atomic E-state index is 0.00892. The van der Waals surface area contributed by atoms with Crippen LogP contribution < -0.4 is 10.6 Å². The number of hydrogen-bond donors (Lipinski definition) is 4. The van der Waals surface area contributed by atoms with Crippen molar-refractivity contribution in [1.29, 1.82) is 0 Å². The van der Waals surface area contributed by atoms with Crippen LogP contribution in [0.15, 0.2) is 18.3 Å². The second kappa shape index (κ2) is 5.92. The van der Waals surface area contributed by atoms with E-state index in [0.29, 0.717) is 25.3 Å². The first-order chi connectivity index (χ1) is 9.17. The maximum atomic E-state index is 9.51. The number of rotatable bonds is 5. The molecular weight excluding hydrogens is 246 g/mol. The molecule has 1 aromatic carbocycles. The molecule has 1 aliphatic heterocycles. The summed E-state index contributed by atoms with van der Waals surface area (Å²) in [7, 11) is 0. The lowest BCUT2D eigenvalue weighted by molar-refractivity contribution is -0.0492. The van der Waals surface area contributed by atoms with Crippen LogP contribution in [0.1, 0.15) is 11.1 Å². The van der Waals surface area contributed by atoms with E-state index < -0.39 is 0 Å². The van der Waals surface area contributed by atoms with Gasteiger partial charge in [0.05, 0.1) is 19.8 Å². The van der Waals surface area contributed by atoms with E-state index in [1.165, 1.54) is 0 Å². The summed E-state index contributed by atoms with van der Waals surface area (Å²) >= 11 is 0. The van der Waals surface area contributed by atoms with E-state index in [4.69, 9.17) is 15.9 Å². The van der Waals surface area contributed by atoms with Crippen molar-refractivity contribution < 1.29 is 15.4 Å². The van der Waals surface area contributed by atoms with E-state index in [1.807, 2.05) is 11.0 Å². The molecule has 0 aliphatic carbocycles. The Morgan fingerprint density at radius 1 is 1.21 bits per heavy atom. The third-order valence-electron chi connectivity index (χ3n) is 3.18. The second-order valence-electron chi connectivity index (χ2n) is 4.41. The average molecular weight is 265 g/mol. The number of anilines is 2. The highest BCUT2D eigenvalue weighted by molar-refractivity contribution is 5.76. The minimum atomic E-state index is 0.00892. The van der Waals surface area contributed by atoms with Crippen molar-refractivity contribution in [2.45, 2.75) is 6.54 Å². The second-order valence-corrected chi connectivity index (χ2v) is 4.41. The number of hydroxylamine groups is 2. The smallest absolute Gasteiger partial charge is 0.0723 e. The van der Waals surface area contributed by atoms with Crippen molar-refractivity contribution in [2.75, 3.05) is 36.9 Å². The number of aliphatic hydroxyl groups is 2. The van der Waals surface area contributed by atoms with Crippen molar-refractivity contribution in [3.63, 3.8) is 0 Å². The standard InChI is InChI=1S/C13H19N3O3/c14-12-1-2-13(15(5-7-17)6-8-18)10-3-4-16(19)9-11(10)12/h1-4,17-19H,5-9,14H2. The first-order valence-electron chi connectivity index (χ1n) is 6.19. The Hall–Kier alpha value is -1.76. The van der Waals surface area contributed by atoms with Crippen LogP contribution in [0.25, 0.3) is 6.08 Å². The summed E-state index contributed by atoms with van der Waals surface area (Å²) < 4.78 is 0. The fourth-order valence-corrected chi connectivity index (χ4v) is 2.28. The largest absolute Gasteiger partial charge is 0.398 e. The van der Waals surface area contributed by atoms with Gasteiger partial charge in [-0.2, -0.15) is 0 Å². The number of hydrogen-bond acceptors (Lipinski definition) is 6. The zero-order valence-electron chi connectivity index (χ0n) is 10.7. The predicted molar refractivity (Wildman–Crippen MR) is 73.6 cm³/mol. The fourth-order valence-electron chi connectivity index (χ4n) is 2.28. The lowest BCUT2D eigenvalue weighted by Gasteiger charge is -2.29. The SMILES string of the molecule is Nc1ccc(N(CCO)CCO)c2c1CN(O)C=C2. The van der Waals surface area contributed by atoms with Crippen molar-refractivity contribution in [1.82, 2.24) is 5.06 Å². The minimum Gasteiger partial charge on any atom is -0.398 e. The van der Waals surface area contributed by atoms with E-state index in [1.54, 1.807) is 18.3 Å². The predicted octanol–water partition coefficient (Wildman–Crippen LogP) is 0.235. The van der Waals surface area contributed by atoms with Crippen molar-refractivity contribution in [2.24, 2.45) is 0 Å². The zero-order valence-corrected chi connectivity index (χ0v) is 10.7. The Bertz CT molecular complexity index is 470. The summed E-state index contributed by atoms with van der Waals surface area (Å²) in [6.07, 6.45) is 3.35. The Morgan fingerprint density at radius 3 is 2.53 bits per heavy atom. The van der Waals surface area contributed by atoms with E-state index in [0.717, 1.165) is 21.9 Å². The molecule has 0 bridgehead atoms. The molecule has 0 unspecified atom stereocenters. The molecule has 0 spiro atoms. The third kappa shape index (κ3) is 2.81. The van der Waals surface area contributed by atoms with Gasteiger partial charge < -0.3 is 20.8 Å². The lowest BCUT2D eigenvalue weighted by Crippen LogP contribution is -2.31. The van der Waals surface area contributed by atoms with E-state index >= 15 is 0 Å². The first kappa shape index (κ1) is 13.7. The average Bonchev–Trinajstić information content (AvgIpc) is 2.40. The number of fused-ring (bicyclic) bond motifs is 1. The van der Waals surface area contributed by atoms with Crippen molar-refractivity contribution >= 4 is 17.5 Å². The molecule has 0 atom stereocenters. The molecule has 1 aliphatic rings. The fraction of sp³-hybridized carbons (Fsp3) is 0.385. The van der Waals surface area contributed by atoms with Gasteiger partial charge in [-0.3, -0.25) is 10.3 Å². The highest BCUT2D eigenvalue weighted by atomic mass is 16.5. The molecule has 0 saturated heterocycles. The van der Waals surface area contributed by atoms with Crippen molar-refractivity contribution in [3.8, 4) is 0 Å². The van der Waals surface area contributed by atoms with Crippen molar-refractivity contribution in [3.05, 3.63) is 29.5 Å². The molecule has 5 N–H and O–H groups in total. The van der Waals surface area contributed by atoms with E-state index in [9.17, 15) is 5.21 Å². The van der Waals surface area contributed by atoms with Gasteiger partial charge >= 0.3 is 0 Å². The number of nitrogens with zero attached hydrogens (tertiary/aromatic N) is 2. The zero-order chi connectivity index (χ0) is 13.8. The molecule has 1 aromatic rings. The molecule has 6 heteroatoms. The maximum absolute atomic E-state index is 9.51. The molecular formula is C13H19N3O3. The molecule has 0 saturated carbocycles. The molecule has 0 amide bonds. The number of benzene rings is 1. The molecule has 1 heterocycles. The van der Waals surface area contributed by atoms with Gasteiger partial charge in [-0.05, 0) is 18.2 Å². The Labute approximate surface area is 111 Å². The number of nitrogen functional groups attached to an aromatic ring is 1. The number of nitrogens with two attached hydrogens (primary N) is 1. The summed E-state index contributed by atoms with van der Waals surface area (Å²) in [6.45, 7) is 1.22. The summed E-state index contributed by atoms with van der Waals surface area (Å²) in [4.78, 5) is 1.90. The monoisotopic (exact) mass is 265 g/mol. The van der Waals surface area contributed by atoms with Crippen LogP contribution in [0.2, 0.25) is 0 Å². The van der Waals surface area contributed by atoms with E-state index in [-0.39, 0.29) is 13.2 Å². The van der Waals surface area contributed by atoms with Gasteiger partial charge in [-0.15, -0.1) is 0 Å². The Kier molecular flexibility index (Phi) is 4.26. The highest BCUT2D eigenvalue weighted by Gasteiger charge is 2.18. The van der Waals surface area contributed by atoms with Crippen LogP contribution in [0.5, 0.6) is 0 Å². The van der Waals surface area contributed by atoms with Gasteiger partial charge in [-0.1, -0.05) is 0 Å². The Morgan fingerprint density at radius 2 is 1.89 bits per heavy atom. The maximum Gasteiger partial charge on any atom is 0.0723 e. The van der Waals surface area contributed by atoms with Crippen LogP contribution >= 0.6 is 0 Å². The summed E-state index contributed by atoms with van der Waals surface area (Å²) in [5.41, 5.74) is 9.23. The normalized spacial score (nSPS) is 13.5. The molecule has 6 nitrogen and oxygen atoms in total. The summed E-state index contributed by atoms with van der Waals surface area (Å²) in [5, 5.41) is 28.8. The molecule has 19 heavy (non-hydrogen) atoms. The topological polar surface area (TPSA) is 93.2 Å². The molecule has 2 rings (SSSR count). The van der Waals surface area contributed by atoms with E-state index in [2.05, 4.69) is 0 Å². The summed E-state index contributed by atoms with van der Waals surface area (Å²) in [5.74, 6) is 0. The lowest BCUT2D eigenvalue weighted by atomic mass is 10.00. The van der Waals surface area contributed by atoms with Crippen LogP contribution in [-0.2, 0) is 6.54 Å². The Balaban J connectivity index is 2.42. The van der Waals surface area contributed by atoms with Gasteiger partial charge in [0.1, 0.15) is 0 Å². The quantitative estimate of drug-likeness (QED) is 0.570. The van der Waals surface area contributed by atoms with Crippen LogP contribution in [0.4, 0.5) is 11.4 Å². The van der Waals surface area contributed by atoms with Gasteiger partial charge in [0.25, 0.3) is 0 Å². The third-order valence-corrected chi connectivity index (χ3v) is 3.18. The van der Waals surface area contributed by atoms with Crippen LogP contribution in [0, 0.1) is 0 Å². The van der Waals surface area contributed by atoms with Gasteiger partial charge in [0.2, 0.25) is 0 Å². The van der Waals surface area contributed by atoms with Gasteiger partial charge in [-0.25, -0.2) is 0 Å².